The van der Waals surface area contributed by atoms with Crippen LogP contribution in [0.1, 0.15) is 23.6 Å². The zero-order valence-electron chi connectivity index (χ0n) is 30.7. The second-order valence-corrected chi connectivity index (χ2v) is 14.7. The van der Waals surface area contributed by atoms with Crippen molar-refractivity contribution in [2.45, 2.75) is 12.3 Å². The monoisotopic (exact) mass is 701 g/mol. The Hall–Kier alpha value is -6.96. The molecular weight excluding hydrogens is 663 g/mol. The molecule has 0 aromatic heterocycles. The van der Waals surface area contributed by atoms with Crippen LogP contribution in [0.2, 0.25) is 0 Å². The van der Waals surface area contributed by atoms with Crippen LogP contribution < -0.4 is 4.90 Å². The Morgan fingerprint density at radius 1 is 0.345 bits per heavy atom. The minimum absolute atomic E-state index is 0.297. The molecule has 1 aliphatic carbocycles. The van der Waals surface area contributed by atoms with Crippen LogP contribution in [-0.4, -0.2) is 0 Å². The second kappa shape index (κ2) is 13.5. The Labute approximate surface area is 323 Å². The van der Waals surface area contributed by atoms with E-state index in [2.05, 4.69) is 230 Å². The third-order valence-corrected chi connectivity index (χ3v) is 11.5. The van der Waals surface area contributed by atoms with Crippen LogP contribution in [0.3, 0.4) is 0 Å². The fourth-order valence-corrected chi connectivity index (χ4v) is 8.72. The number of anilines is 3. The average molecular weight is 702 g/mol. The Morgan fingerprint density at radius 3 is 1.69 bits per heavy atom. The van der Waals surface area contributed by atoms with Gasteiger partial charge in [0, 0.05) is 22.4 Å². The highest BCUT2D eigenvalue weighted by molar-refractivity contribution is 5.97. The Bertz CT molecular complexity index is 2820. The molecule has 10 rings (SSSR count). The van der Waals surface area contributed by atoms with Crippen LogP contribution in [-0.2, 0) is 5.41 Å². The molecule has 0 heterocycles. The van der Waals surface area contributed by atoms with E-state index in [1.807, 2.05) is 0 Å². The molecule has 1 nitrogen and oxygen atoms in total. The molecule has 0 saturated carbocycles. The van der Waals surface area contributed by atoms with E-state index in [-0.39, 0.29) is 5.41 Å². The number of nitrogens with zero attached hydrogens (tertiary/aromatic N) is 1. The first kappa shape index (κ1) is 32.7. The van der Waals surface area contributed by atoms with Gasteiger partial charge in [0.15, 0.2) is 0 Å². The highest BCUT2D eigenvalue weighted by Crippen LogP contribution is 2.56. The molecular formula is C54H39N. The molecule has 0 bridgehead atoms. The van der Waals surface area contributed by atoms with Gasteiger partial charge >= 0.3 is 0 Å². The van der Waals surface area contributed by atoms with Gasteiger partial charge in [0.25, 0.3) is 0 Å². The van der Waals surface area contributed by atoms with Gasteiger partial charge in [-0.3, -0.25) is 0 Å². The summed E-state index contributed by atoms with van der Waals surface area (Å²) in [6, 6.07) is 79.8. The molecule has 1 unspecified atom stereocenters. The highest BCUT2D eigenvalue weighted by atomic mass is 15.1. The lowest BCUT2D eigenvalue weighted by atomic mass is 9.74. The molecule has 260 valence electrons. The number of hydrogen-bond donors (Lipinski definition) is 0. The summed E-state index contributed by atoms with van der Waals surface area (Å²) < 4.78 is 0. The van der Waals surface area contributed by atoms with Crippen LogP contribution in [0.4, 0.5) is 17.1 Å². The van der Waals surface area contributed by atoms with E-state index in [4.69, 9.17) is 0 Å². The SMILES string of the molecule is CC1(c2ccccc2)c2ccccc2-c2c(N(c3ccc(-c4ccc5ccccc5c4)cc3)c3cccc(-c4cccc(-c5ccccc5)c4)c3)cccc21. The standard InChI is InChI=1S/C54H39N/c1-54(46-22-6-3-7-23-46)50-26-11-10-25-49(50)53-51(54)27-14-28-52(53)55(47-33-31-40(32-34-47)45-30-29-39-17-8-9-18-41(39)36-45)48-24-13-21-44(37-48)43-20-12-19-42(35-43)38-15-4-2-5-16-38/h2-37H,1H3. The predicted molar refractivity (Wildman–Crippen MR) is 232 cm³/mol. The quantitative estimate of drug-likeness (QED) is 0.160. The summed E-state index contributed by atoms with van der Waals surface area (Å²) >= 11 is 0. The van der Waals surface area contributed by atoms with Crippen molar-refractivity contribution < 1.29 is 0 Å². The zero-order chi connectivity index (χ0) is 36.8. The van der Waals surface area contributed by atoms with Gasteiger partial charge in [-0.2, -0.15) is 0 Å². The minimum Gasteiger partial charge on any atom is -0.310 e. The lowest BCUT2D eigenvalue weighted by molar-refractivity contribution is 0.714. The molecule has 55 heavy (non-hydrogen) atoms. The van der Waals surface area contributed by atoms with Crippen molar-refractivity contribution in [2.24, 2.45) is 0 Å². The van der Waals surface area contributed by atoms with Gasteiger partial charge in [-0.15, -0.1) is 0 Å². The minimum atomic E-state index is -0.297. The first-order valence-electron chi connectivity index (χ1n) is 19.1. The molecule has 9 aromatic carbocycles. The van der Waals surface area contributed by atoms with Gasteiger partial charge in [-0.25, -0.2) is 0 Å². The van der Waals surface area contributed by atoms with Crippen molar-refractivity contribution in [3.63, 3.8) is 0 Å². The summed E-state index contributed by atoms with van der Waals surface area (Å²) in [5, 5.41) is 2.50. The van der Waals surface area contributed by atoms with E-state index in [0.717, 1.165) is 11.4 Å². The molecule has 0 radical (unpaired) electrons. The Kier molecular flexibility index (Phi) is 8.00. The van der Waals surface area contributed by atoms with Crippen molar-refractivity contribution in [1.82, 2.24) is 0 Å². The van der Waals surface area contributed by atoms with Crippen molar-refractivity contribution >= 4 is 27.8 Å². The number of fused-ring (bicyclic) bond motifs is 4. The van der Waals surface area contributed by atoms with Crippen molar-refractivity contribution in [3.05, 3.63) is 235 Å². The summed E-state index contributed by atoms with van der Waals surface area (Å²) in [6.45, 7) is 2.39. The Balaban J connectivity index is 1.15. The smallest absolute Gasteiger partial charge is 0.0543 e. The third kappa shape index (κ3) is 5.64. The molecule has 1 atom stereocenters. The van der Waals surface area contributed by atoms with Crippen LogP contribution in [0.15, 0.2) is 218 Å². The maximum Gasteiger partial charge on any atom is 0.0543 e. The largest absolute Gasteiger partial charge is 0.310 e. The molecule has 9 aromatic rings. The summed E-state index contributed by atoms with van der Waals surface area (Å²) in [5.74, 6) is 0. The van der Waals surface area contributed by atoms with Gasteiger partial charge in [-0.05, 0) is 116 Å². The fraction of sp³-hybridized carbons (Fsp3) is 0.0370. The fourth-order valence-electron chi connectivity index (χ4n) is 8.72. The summed E-state index contributed by atoms with van der Waals surface area (Å²) in [7, 11) is 0. The van der Waals surface area contributed by atoms with Gasteiger partial charge in [0.1, 0.15) is 0 Å². The first-order valence-corrected chi connectivity index (χ1v) is 19.1. The predicted octanol–water partition coefficient (Wildman–Crippen LogP) is 14.6. The van der Waals surface area contributed by atoms with Crippen molar-refractivity contribution in [3.8, 4) is 44.5 Å². The van der Waals surface area contributed by atoms with Gasteiger partial charge < -0.3 is 4.90 Å². The van der Waals surface area contributed by atoms with E-state index >= 15 is 0 Å². The molecule has 0 amide bonds. The normalized spacial score (nSPS) is 14.3. The van der Waals surface area contributed by atoms with Crippen molar-refractivity contribution in [2.75, 3.05) is 4.90 Å². The molecule has 0 saturated heterocycles. The Morgan fingerprint density at radius 2 is 0.891 bits per heavy atom. The lowest BCUT2D eigenvalue weighted by Crippen LogP contribution is -2.22. The molecule has 1 aliphatic rings. The van der Waals surface area contributed by atoms with Crippen LogP contribution in [0.5, 0.6) is 0 Å². The van der Waals surface area contributed by atoms with E-state index in [9.17, 15) is 0 Å². The van der Waals surface area contributed by atoms with Crippen LogP contribution in [0.25, 0.3) is 55.3 Å². The number of hydrogen-bond acceptors (Lipinski definition) is 1. The first-order chi connectivity index (χ1) is 27.1. The van der Waals surface area contributed by atoms with E-state index in [0.29, 0.717) is 0 Å². The third-order valence-electron chi connectivity index (χ3n) is 11.5. The summed E-state index contributed by atoms with van der Waals surface area (Å²) in [5.41, 5.74) is 16.8. The molecule has 0 spiro atoms. The topological polar surface area (TPSA) is 3.24 Å². The maximum absolute atomic E-state index is 2.46. The van der Waals surface area contributed by atoms with Crippen LogP contribution in [0, 0.1) is 0 Å². The van der Waals surface area contributed by atoms with Crippen molar-refractivity contribution in [1.29, 1.82) is 0 Å². The summed E-state index contributed by atoms with van der Waals surface area (Å²) in [4.78, 5) is 2.46. The number of benzene rings is 9. The van der Waals surface area contributed by atoms with Gasteiger partial charge in [0.05, 0.1) is 5.69 Å². The molecule has 1 heteroatoms. The average Bonchev–Trinajstić information content (AvgIpc) is 3.54. The lowest BCUT2D eigenvalue weighted by Gasteiger charge is -2.31. The maximum atomic E-state index is 2.46. The number of rotatable bonds is 7. The van der Waals surface area contributed by atoms with Gasteiger partial charge in [0.2, 0.25) is 0 Å². The molecule has 0 aliphatic heterocycles. The zero-order valence-corrected chi connectivity index (χ0v) is 30.7. The van der Waals surface area contributed by atoms with Crippen LogP contribution >= 0.6 is 0 Å². The van der Waals surface area contributed by atoms with Gasteiger partial charge in [-0.1, -0.05) is 176 Å². The second-order valence-electron chi connectivity index (χ2n) is 14.7. The molecule has 0 fully saturated rings. The van der Waals surface area contributed by atoms with E-state index < -0.39 is 0 Å². The van der Waals surface area contributed by atoms with E-state index in [1.54, 1.807) is 0 Å². The highest BCUT2D eigenvalue weighted by Gasteiger charge is 2.42. The van der Waals surface area contributed by atoms with E-state index in [1.165, 1.54) is 77.7 Å². The molecule has 0 N–H and O–H groups in total. The summed E-state index contributed by atoms with van der Waals surface area (Å²) in [6.07, 6.45) is 0.